The van der Waals surface area contributed by atoms with Crippen LogP contribution >= 0.6 is 0 Å². The van der Waals surface area contributed by atoms with Gasteiger partial charge in [0.05, 0.1) is 6.42 Å². The molecule has 0 unspecified atom stereocenters. The summed E-state index contributed by atoms with van der Waals surface area (Å²) in [6.07, 6.45) is -1.12. The molecule has 1 amide bonds. The Hall–Kier alpha value is -3.73. The zero-order chi connectivity index (χ0) is 29.1. The van der Waals surface area contributed by atoms with Gasteiger partial charge in [0.1, 0.15) is 11.4 Å². The summed E-state index contributed by atoms with van der Waals surface area (Å²) in [6.45, 7) is 11.0. The lowest BCUT2D eigenvalue weighted by atomic mass is 9.91. The van der Waals surface area contributed by atoms with Crippen molar-refractivity contribution >= 4 is 29.0 Å². The van der Waals surface area contributed by atoms with E-state index in [9.17, 15) is 18.0 Å². The van der Waals surface area contributed by atoms with E-state index in [0.29, 0.717) is 36.6 Å². The first-order valence-electron chi connectivity index (χ1n) is 13.4. The van der Waals surface area contributed by atoms with E-state index < -0.39 is 12.6 Å². The Morgan fingerprint density at radius 2 is 1.77 bits per heavy atom. The number of carbonyl (C=O) groups excluding carboxylic acids is 1. The number of nitrogens with one attached hydrogen (secondary N) is 3. The van der Waals surface area contributed by atoms with Crippen LogP contribution in [0.2, 0.25) is 0 Å². The average Bonchev–Trinajstić information content (AvgIpc) is 2.86. The van der Waals surface area contributed by atoms with Gasteiger partial charge in [-0.15, -0.1) is 0 Å². The molecule has 3 N–H and O–H groups in total. The number of pyridine rings is 1. The number of anilines is 4. The number of aromatic nitrogens is 3. The van der Waals surface area contributed by atoms with Crippen LogP contribution in [-0.4, -0.2) is 51.1 Å². The van der Waals surface area contributed by atoms with Crippen LogP contribution < -0.4 is 16.0 Å². The van der Waals surface area contributed by atoms with Gasteiger partial charge in [-0.1, -0.05) is 26.8 Å². The quantitative estimate of drug-likeness (QED) is 0.309. The van der Waals surface area contributed by atoms with Gasteiger partial charge in [-0.05, 0) is 55.7 Å². The predicted octanol–water partition coefficient (Wildman–Crippen LogP) is 6.11. The van der Waals surface area contributed by atoms with Crippen LogP contribution in [0.25, 0.3) is 0 Å². The van der Waals surface area contributed by atoms with E-state index in [-0.39, 0.29) is 29.9 Å². The lowest BCUT2D eigenvalue weighted by Gasteiger charge is -2.29. The highest BCUT2D eigenvalue weighted by Crippen LogP contribution is 2.28. The monoisotopic (exact) mass is 555 g/mol. The first-order chi connectivity index (χ1) is 18.8. The molecule has 1 aliphatic rings. The zero-order valence-corrected chi connectivity index (χ0v) is 23.5. The Morgan fingerprint density at radius 1 is 1.02 bits per heavy atom. The molecule has 0 aliphatic carbocycles. The van der Waals surface area contributed by atoms with E-state index in [1.807, 2.05) is 49.1 Å². The Balaban J connectivity index is 1.58. The predicted molar refractivity (Wildman–Crippen MR) is 150 cm³/mol. The van der Waals surface area contributed by atoms with Gasteiger partial charge in [0.25, 0.3) is 5.91 Å². The number of hydrogen-bond acceptors (Lipinski definition) is 7. The molecular weight excluding hydrogens is 519 g/mol. The molecule has 0 saturated carbocycles. The summed E-state index contributed by atoms with van der Waals surface area (Å²) in [5.41, 5.74) is 4.54. The second-order valence-corrected chi connectivity index (χ2v) is 11.4. The summed E-state index contributed by atoms with van der Waals surface area (Å²) in [4.78, 5) is 28.2. The molecule has 0 saturated heterocycles. The van der Waals surface area contributed by atoms with Crippen LogP contribution in [0.1, 0.15) is 68.2 Å². The van der Waals surface area contributed by atoms with Gasteiger partial charge in [-0.2, -0.15) is 18.2 Å². The zero-order valence-electron chi connectivity index (χ0n) is 23.5. The molecule has 11 heteroatoms. The van der Waals surface area contributed by atoms with Crippen LogP contribution in [0.3, 0.4) is 0 Å². The number of benzene rings is 1. The van der Waals surface area contributed by atoms with Crippen molar-refractivity contribution in [2.24, 2.45) is 0 Å². The van der Waals surface area contributed by atoms with Gasteiger partial charge in [-0.3, -0.25) is 14.7 Å². The van der Waals surface area contributed by atoms with Crippen molar-refractivity contribution in [1.29, 1.82) is 0 Å². The van der Waals surface area contributed by atoms with Crippen molar-refractivity contribution < 1.29 is 18.0 Å². The second-order valence-electron chi connectivity index (χ2n) is 11.4. The third-order valence-electron chi connectivity index (χ3n) is 6.51. The number of amides is 1. The molecule has 3 heterocycles. The summed E-state index contributed by atoms with van der Waals surface area (Å²) in [5.74, 6) is 0.304. The first-order valence-corrected chi connectivity index (χ1v) is 13.4. The highest BCUT2D eigenvalue weighted by atomic mass is 19.4. The highest BCUT2D eigenvalue weighted by Gasteiger charge is 2.29. The Labute approximate surface area is 232 Å². The van der Waals surface area contributed by atoms with Gasteiger partial charge >= 0.3 is 6.18 Å². The van der Waals surface area contributed by atoms with E-state index in [4.69, 9.17) is 0 Å². The molecule has 0 radical (unpaired) electrons. The normalized spacial score (nSPS) is 14.1. The fourth-order valence-corrected chi connectivity index (χ4v) is 4.40. The second kappa shape index (κ2) is 11.8. The highest BCUT2D eigenvalue weighted by molar-refractivity contribution is 5.99. The first kappa shape index (κ1) is 29.3. The molecule has 8 nitrogen and oxygen atoms in total. The summed E-state index contributed by atoms with van der Waals surface area (Å²) in [7, 11) is 0. The van der Waals surface area contributed by atoms with Crippen LogP contribution in [0, 0.1) is 0 Å². The van der Waals surface area contributed by atoms with Gasteiger partial charge in [0.2, 0.25) is 5.95 Å². The van der Waals surface area contributed by atoms with Gasteiger partial charge < -0.3 is 16.0 Å². The fraction of sp³-hybridized carbons (Fsp3) is 0.448. The standard InChI is InChI=1S/C29H36F3N7O/c1-18(2)35-26(40)23-16-34-27(38-25(23)36-22-8-11-33-24(15-22)28(3,4)5)37-21-7-6-19-9-12-39(17-20(19)14-21)13-10-29(30,31)32/h6-8,11,14-16,18H,9-10,12-13,17H2,1-5H3,(H,35,40)(H2,33,34,36,37,38). The van der Waals surface area contributed by atoms with Crippen LogP contribution in [0.5, 0.6) is 0 Å². The lowest BCUT2D eigenvalue weighted by molar-refractivity contribution is -0.138. The molecule has 1 aliphatic heterocycles. The van der Waals surface area contributed by atoms with E-state index in [0.717, 1.165) is 22.5 Å². The Morgan fingerprint density at radius 3 is 2.48 bits per heavy atom. The number of hydrogen-bond donors (Lipinski definition) is 3. The Bertz CT molecular complexity index is 1350. The van der Waals surface area contributed by atoms with Crippen molar-refractivity contribution in [3.63, 3.8) is 0 Å². The van der Waals surface area contributed by atoms with Crippen LogP contribution in [0.4, 0.5) is 36.3 Å². The Kier molecular flexibility index (Phi) is 8.62. The van der Waals surface area contributed by atoms with Crippen molar-refractivity contribution in [2.75, 3.05) is 23.7 Å². The molecule has 40 heavy (non-hydrogen) atoms. The van der Waals surface area contributed by atoms with Gasteiger partial charge in [0.15, 0.2) is 0 Å². The molecule has 1 aromatic carbocycles. The third-order valence-corrected chi connectivity index (χ3v) is 6.51. The summed E-state index contributed by atoms with van der Waals surface area (Å²) >= 11 is 0. The van der Waals surface area contributed by atoms with Gasteiger partial charge in [0, 0.05) is 60.6 Å². The number of nitrogens with zero attached hydrogens (tertiary/aromatic N) is 4. The number of rotatable bonds is 8. The topological polar surface area (TPSA) is 95.1 Å². The maximum Gasteiger partial charge on any atom is 0.390 e. The maximum atomic E-state index is 12.9. The van der Waals surface area contributed by atoms with Crippen molar-refractivity contribution in [3.8, 4) is 0 Å². The summed E-state index contributed by atoms with van der Waals surface area (Å²) in [6, 6.07) is 9.46. The van der Waals surface area contributed by atoms with E-state index in [1.165, 1.54) is 6.20 Å². The molecule has 0 spiro atoms. The molecule has 4 rings (SSSR count). The minimum Gasteiger partial charge on any atom is -0.350 e. The smallest absolute Gasteiger partial charge is 0.350 e. The van der Waals surface area contributed by atoms with Crippen LogP contribution in [0.15, 0.2) is 42.7 Å². The van der Waals surface area contributed by atoms with E-state index >= 15 is 0 Å². The van der Waals surface area contributed by atoms with E-state index in [2.05, 4.69) is 51.7 Å². The summed E-state index contributed by atoms with van der Waals surface area (Å²) < 4.78 is 38.1. The molecule has 0 atom stereocenters. The SMILES string of the molecule is CC(C)NC(=O)c1cnc(Nc2ccc3c(c2)CN(CCC(F)(F)F)CC3)nc1Nc1ccnc(C(C)(C)C)c1. The van der Waals surface area contributed by atoms with Gasteiger partial charge in [-0.25, -0.2) is 4.98 Å². The summed E-state index contributed by atoms with van der Waals surface area (Å²) in [5, 5.41) is 9.33. The molecule has 3 aromatic rings. The minimum atomic E-state index is -4.17. The van der Waals surface area contributed by atoms with Crippen molar-refractivity contribution in [3.05, 3.63) is 65.1 Å². The molecule has 2 aromatic heterocycles. The fourth-order valence-electron chi connectivity index (χ4n) is 4.40. The minimum absolute atomic E-state index is 0.0232. The average molecular weight is 556 g/mol. The van der Waals surface area contributed by atoms with Crippen molar-refractivity contribution in [1.82, 2.24) is 25.2 Å². The number of alkyl halides is 3. The largest absolute Gasteiger partial charge is 0.390 e. The molecular formula is C29H36F3N7O. The van der Waals surface area contributed by atoms with E-state index in [1.54, 1.807) is 6.20 Å². The number of fused-ring (bicyclic) bond motifs is 1. The lowest BCUT2D eigenvalue weighted by Crippen LogP contribution is -2.33. The molecule has 214 valence electrons. The molecule has 0 fully saturated rings. The third kappa shape index (κ3) is 7.91. The maximum absolute atomic E-state index is 12.9. The number of carbonyl (C=O) groups is 1. The van der Waals surface area contributed by atoms with Crippen LogP contribution in [-0.2, 0) is 18.4 Å². The molecule has 0 bridgehead atoms. The number of halogens is 3. The van der Waals surface area contributed by atoms with Crippen molar-refractivity contribution in [2.45, 2.75) is 71.6 Å².